The summed E-state index contributed by atoms with van der Waals surface area (Å²) in [6, 6.07) is 3.98. The lowest BCUT2D eigenvalue weighted by atomic mass is 10.0. The first-order valence-electron chi connectivity index (χ1n) is 8.97. The highest BCUT2D eigenvalue weighted by Crippen LogP contribution is 2.33. The zero-order valence-corrected chi connectivity index (χ0v) is 14.5. The molecule has 3 aromatic heterocycles. The molecule has 0 aliphatic carbocycles. The SMILES string of the molecule is CCc1nnc2ccc(N3CC4CN(C(=O)c5cn[nH]c5)CC4C3)nn12. The lowest BCUT2D eigenvalue weighted by Crippen LogP contribution is -2.33. The van der Waals surface area contributed by atoms with Gasteiger partial charge in [0.15, 0.2) is 11.5 Å². The highest BCUT2D eigenvalue weighted by atomic mass is 16.2. The second-order valence-corrected chi connectivity index (χ2v) is 7.05. The van der Waals surface area contributed by atoms with Gasteiger partial charge in [-0.3, -0.25) is 9.89 Å². The first kappa shape index (κ1) is 15.3. The molecule has 0 radical (unpaired) electrons. The molecule has 1 amide bonds. The predicted octanol–water partition coefficient (Wildman–Crippen LogP) is 0.618. The van der Waals surface area contributed by atoms with Gasteiger partial charge in [0.2, 0.25) is 0 Å². The summed E-state index contributed by atoms with van der Waals surface area (Å²) in [5.74, 6) is 2.85. The van der Waals surface area contributed by atoms with Gasteiger partial charge in [0.25, 0.3) is 5.91 Å². The Hall–Kier alpha value is -2.97. The van der Waals surface area contributed by atoms with Gasteiger partial charge in [0, 0.05) is 50.6 Å². The number of fused-ring (bicyclic) bond motifs is 2. The summed E-state index contributed by atoms with van der Waals surface area (Å²) in [4.78, 5) is 16.8. The first-order valence-corrected chi connectivity index (χ1v) is 8.97. The smallest absolute Gasteiger partial charge is 0.257 e. The van der Waals surface area contributed by atoms with Crippen LogP contribution in [0.25, 0.3) is 5.65 Å². The van der Waals surface area contributed by atoms with Crippen LogP contribution in [0.3, 0.4) is 0 Å². The van der Waals surface area contributed by atoms with Crippen LogP contribution in [0.1, 0.15) is 23.1 Å². The molecule has 0 aromatic carbocycles. The number of aryl methyl sites for hydroxylation is 1. The summed E-state index contributed by atoms with van der Waals surface area (Å²) in [5, 5.41) is 19.6. The quantitative estimate of drug-likeness (QED) is 0.742. The van der Waals surface area contributed by atoms with Crippen molar-refractivity contribution in [3.05, 3.63) is 35.9 Å². The number of hydrogen-bond acceptors (Lipinski definition) is 6. The van der Waals surface area contributed by atoms with Crippen LogP contribution in [0.2, 0.25) is 0 Å². The van der Waals surface area contributed by atoms with Crippen molar-refractivity contribution in [2.24, 2.45) is 11.8 Å². The average Bonchev–Trinajstić information content (AvgIpc) is 3.42. The fraction of sp³-hybridized carbons (Fsp3) is 0.471. The molecule has 3 aromatic rings. The molecule has 2 aliphatic rings. The van der Waals surface area contributed by atoms with E-state index in [4.69, 9.17) is 5.10 Å². The van der Waals surface area contributed by atoms with Crippen molar-refractivity contribution in [2.75, 3.05) is 31.1 Å². The number of aromatic nitrogens is 6. The van der Waals surface area contributed by atoms with Crippen molar-refractivity contribution in [3.63, 3.8) is 0 Å². The van der Waals surface area contributed by atoms with Crippen molar-refractivity contribution in [2.45, 2.75) is 13.3 Å². The van der Waals surface area contributed by atoms with Gasteiger partial charge in [-0.1, -0.05) is 6.92 Å². The number of nitrogens with zero attached hydrogens (tertiary/aromatic N) is 7. The van der Waals surface area contributed by atoms with E-state index in [1.54, 1.807) is 12.4 Å². The molecule has 2 fully saturated rings. The Morgan fingerprint density at radius 3 is 2.69 bits per heavy atom. The van der Waals surface area contributed by atoms with Crippen molar-refractivity contribution in [3.8, 4) is 0 Å². The van der Waals surface area contributed by atoms with Gasteiger partial charge in [0.1, 0.15) is 5.82 Å². The number of anilines is 1. The molecule has 5 rings (SSSR count). The molecular formula is C17H20N8O. The maximum atomic E-state index is 12.5. The van der Waals surface area contributed by atoms with E-state index in [0.29, 0.717) is 17.4 Å². The van der Waals surface area contributed by atoms with E-state index in [1.165, 1.54) is 0 Å². The molecular weight excluding hydrogens is 332 g/mol. The molecule has 9 nitrogen and oxygen atoms in total. The molecule has 1 N–H and O–H groups in total. The van der Waals surface area contributed by atoms with Crippen LogP contribution in [-0.2, 0) is 6.42 Å². The minimum Gasteiger partial charge on any atom is -0.354 e. The summed E-state index contributed by atoms with van der Waals surface area (Å²) in [6.45, 7) is 5.47. The van der Waals surface area contributed by atoms with E-state index in [2.05, 4.69) is 32.2 Å². The number of aromatic amines is 1. The van der Waals surface area contributed by atoms with E-state index in [0.717, 1.165) is 49.9 Å². The van der Waals surface area contributed by atoms with Crippen LogP contribution >= 0.6 is 0 Å². The van der Waals surface area contributed by atoms with Crippen molar-refractivity contribution in [1.29, 1.82) is 0 Å². The van der Waals surface area contributed by atoms with Gasteiger partial charge < -0.3 is 9.80 Å². The maximum absolute atomic E-state index is 12.5. The summed E-state index contributed by atoms with van der Waals surface area (Å²) < 4.78 is 1.83. The zero-order valence-electron chi connectivity index (χ0n) is 14.5. The summed E-state index contributed by atoms with van der Waals surface area (Å²) >= 11 is 0. The minimum absolute atomic E-state index is 0.0660. The van der Waals surface area contributed by atoms with Crippen LogP contribution in [0.15, 0.2) is 24.5 Å². The largest absolute Gasteiger partial charge is 0.354 e. The van der Waals surface area contributed by atoms with Gasteiger partial charge in [-0.2, -0.15) is 9.61 Å². The summed E-state index contributed by atoms with van der Waals surface area (Å²) in [5.41, 5.74) is 1.41. The number of likely N-dealkylation sites (tertiary alicyclic amines) is 1. The molecule has 134 valence electrons. The van der Waals surface area contributed by atoms with E-state index in [9.17, 15) is 4.79 Å². The number of H-pyrrole nitrogens is 1. The van der Waals surface area contributed by atoms with E-state index >= 15 is 0 Å². The Bertz CT molecular complexity index is 935. The lowest BCUT2D eigenvalue weighted by Gasteiger charge is -2.22. The van der Waals surface area contributed by atoms with E-state index < -0.39 is 0 Å². The normalized spacial score (nSPS) is 22.3. The van der Waals surface area contributed by atoms with Crippen molar-refractivity contribution >= 4 is 17.4 Å². The zero-order chi connectivity index (χ0) is 17.7. The summed E-state index contributed by atoms with van der Waals surface area (Å²) in [7, 11) is 0. The molecule has 2 saturated heterocycles. The Labute approximate surface area is 150 Å². The van der Waals surface area contributed by atoms with E-state index in [-0.39, 0.29) is 5.91 Å². The fourth-order valence-electron chi connectivity index (χ4n) is 4.11. The third-order valence-electron chi connectivity index (χ3n) is 5.47. The molecule has 2 aliphatic heterocycles. The van der Waals surface area contributed by atoms with Crippen LogP contribution in [0, 0.1) is 11.8 Å². The van der Waals surface area contributed by atoms with Gasteiger partial charge in [0.05, 0.1) is 11.8 Å². The number of carbonyl (C=O) groups excluding carboxylic acids is 1. The standard InChI is InChI=1S/C17H20N8O/c1-2-14-20-21-15-3-4-16(22-25(14)15)23-7-12-9-24(10-13(12)8-23)17(26)11-5-18-19-6-11/h3-6,12-13H,2,7-10H2,1H3,(H,18,19). The number of amides is 1. The Morgan fingerprint density at radius 2 is 2.00 bits per heavy atom. The van der Waals surface area contributed by atoms with Gasteiger partial charge >= 0.3 is 0 Å². The number of rotatable bonds is 3. The van der Waals surface area contributed by atoms with Crippen LogP contribution < -0.4 is 4.90 Å². The van der Waals surface area contributed by atoms with Gasteiger partial charge in [-0.15, -0.1) is 15.3 Å². The molecule has 9 heteroatoms. The van der Waals surface area contributed by atoms with E-state index in [1.807, 2.05) is 21.5 Å². The van der Waals surface area contributed by atoms with Gasteiger partial charge in [-0.05, 0) is 12.1 Å². The topological polar surface area (TPSA) is 95.3 Å². The Kier molecular flexibility index (Phi) is 3.41. The summed E-state index contributed by atoms with van der Waals surface area (Å²) in [6.07, 6.45) is 4.05. The first-order chi connectivity index (χ1) is 12.7. The predicted molar refractivity (Wildman–Crippen MR) is 93.8 cm³/mol. The third-order valence-corrected chi connectivity index (χ3v) is 5.47. The second kappa shape index (κ2) is 5.79. The minimum atomic E-state index is 0.0660. The third kappa shape index (κ3) is 2.34. The Morgan fingerprint density at radius 1 is 1.19 bits per heavy atom. The maximum Gasteiger partial charge on any atom is 0.257 e. The molecule has 2 unspecified atom stereocenters. The monoisotopic (exact) mass is 352 g/mol. The number of nitrogens with one attached hydrogen (secondary N) is 1. The average molecular weight is 352 g/mol. The molecule has 0 spiro atoms. The molecule has 26 heavy (non-hydrogen) atoms. The number of hydrogen-bond donors (Lipinski definition) is 1. The molecule has 0 bridgehead atoms. The molecule has 5 heterocycles. The Balaban J connectivity index is 1.31. The lowest BCUT2D eigenvalue weighted by molar-refractivity contribution is 0.0782. The second-order valence-electron chi connectivity index (χ2n) is 7.05. The van der Waals surface area contributed by atoms with Crippen molar-refractivity contribution < 1.29 is 4.79 Å². The van der Waals surface area contributed by atoms with Crippen molar-refractivity contribution in [1.82, 2.24) is 34.9 Å². The highest BCUT2D eigenvalue weighted by molar-refractivity contribution is 5.93. The highest BCUT2D eigenvalue weighted by Gasteiger charge is 2.42. The van der Waals surface area contributed by atoms with Crippen LogP contribution in [-0.4, -0.2) is 67.0 Å². The van der Waals surface area contributed by atoms with Crippen LogP contribution in [0.5, 0.6) is 0 Å². The van der Waals surface area contributed by atoms with Gasteiger partial charge in [-0.25, -0.2) is 0 Å². The molecule has 2 atom stereocenters. The van der Waals surface area contributed by atoms with Crippen LogP contribution in [0.4, 0.5) is 5.82 Å². The molecule has 0 saturated carbocycles. The number of carbonyl (C=O) groups is 1. The fourth-order valence-corrected chi connectivity index (χ4v) is 4.11.